The van der Waals surface area contributed by atoms with Gasteiger partial charge in [0.15, 0.2) is 11.6 Å². The van der Waals surface area contributed by atoms with Crippen molar-refractivity contribution in [3.8, 4) is 5.75 Å². The highest BCUT2D eigenvalue weighted by Gasteiger charge is 2.16. The Bertz CT molecular complexity index is 881. The SMILES string of the molecule is COc1ccc(CCC(=O)Nc2ccc(S(=O)(=O)N(C)C)cc2)cc1F. The molecule has 0 aromatic heterocycles. The zero-order valence-electron chi connectivity index (χ0n) is 14.8. The molecule has 0 spiro atoms. The number of methoxy groups -OCH3 is 1. The first-order chi connectivity index (χ1) is 12.2. The monoisotopic (exact) mass is 380 g/mol. The molecule has 0 saturated carbocycles. The summed E-state index contributed by atoms with van der Waals surface area (Å²) in [7, 11) is 0.789. The van der Waals surface area contributed by atoms with Crippen LogP contribution in [0.3, 0.4) is 0 Å². The molecular formula is C18H21FN2O4S. The van der Waals surface area contributed by atoms with Crippen molar-refractivity contribution in [1.82, 2.24) is 4.31 Å². The van der Waals surface area contributed by atoms with E-state index in [4.69, 9.17) is 4.74 Å². The van der Waals surface area contributed by atoms with Gasteiger partial charge in [-0.25, -0.2) is 17.1 Å². The molecule has 0 aliphatic rings. The van der Waals surface area contributed by atoms with Crippen LogP contribution < -0.4 is 10.1 Å². The third-order valence-corrected chi connectivity index (χ3v) is 5.60. The predicted molar refractivity (Wildman–Crippen MR) is 97.2 cm³/mol. The largest absolute Gasteiger partial charge is 0.494 e. The number of sulfonamides is 1. The van der Waals surface area contributed by atoms with Gasteiger partial charge in [0, 0.05) is 26.2 Å². The summed E-state index contributed by atoms with van der Waals surface area (Å²) < 4.78 is 43.6. The third-order valence-electron chi connectivity index (χ3n) is 3.77. The van der Waals surface area contributed by atoms with E-state index in [0.717, 1.165) is 4.31 Å². The van der Waals surface area contributed by atoms with Crippen LogP contribution in [0.1, 0.15) is 12.0 Å². The molecule has 0 saturated heterocycles. The maximum atomic E-state index is 13.6. The number of nitrogens with zero attached hydrogens (tertiary/aromatic N) is 1. The highest BCUT2D eigenvalue weighted by atomic mass is 32.2. The Hall–Kier alpha value is -2.45. The van der Waals surface area contributed by atoms with E-state index in [0.29, 0.717) is 17.7 Å². The average Bonchev–Trinajstić information content (AvgIpc) is 2.60. The number of carbonyl (C=O) groups excluding carboxylic acids is 1. The molecule has 2 aromatic rings. The second kappa shape index (κ2) is 8.29. The lowest BCUT2D eigenvalue weighted by atomic mass is 10.1. The Morgan fingerprint density at radius 3 is 2.35 bits per heavy atom. The van der Waals surface area contributed by atoms with E-state index in [1.165, 1.54) is 57.6 Å². The minimum Gasteiger partial charge on any atom is -0.494 e. The van der Waals surface area contributed by atoms with E-state index in [2.05, 4.69) is 5.32 Å². The van der Waals surface area contributed by atoms with Crippen LogP contribution in [0.5, 0.6) is 5.75 Å². The molecular weight excluding hydrogens is 359 g/mol. The van der Waals surface area contributed by atoms with Gasteiger partial charge in [-0.2, -0.15) is 0 Å². The van der Waals surface area contributed by atoms with E-state index in [1.54, 1.807) is 6.07 Å². The first-order valence-electron chi connectivity index (χ1n) is 7.89. The van der Waals surface area contributed by atoms with Gasteiger partial charge >= 0.3 is 0 Å². The molecule has 26 heavy (non-hydrogen) atoms. The lowest BCUT2D eigenvalue weighted by molar-refractivity contribution is -0.116. The second-order valence-corrected chi connectivity index (χ2v) is 7.98. The molecule has 1 amide bonds. The van der Waals surface area contributed by atoms with Crippen molar-refractivity contribution in [2.45, 2.75) is 17.7 Å². The first-order valence-corrected chi connectivity index (χ1v) is 9.33. The van der Waals surface area contributed by atoms with Gasteiger partial charge in [-0.15, -0.1) is 0 Å². The number of benzene rings is 2. The van der Waals surface area contributed by atoms with Crippen LogP contribution in [0.25, 0.3) is 0 Å². The lowest BCUT2D eigenvalue weighted by Crippen LogP contribution is -2.22. The molecule has 0 radical (unpaired) electrons. The van der Waals surface area contributed by atoms with Gasteiger partial charge in [0.25, 0.3) is 0 Å². The second-order valence-electron chi connectivity index (χ2n) is 5.83. The summed E-state index contributed by atoms with van der Waals surface area (Å²) in [6.07, 6.45) is 0.545. The number of rotatable bonds is 7. The molecule has 0 heterocycles. The molecule has 0 fully saturated rings. The molecule has 6 nitrogen and oxygen atoms in total. The zero-order chi connectivity index (χ0) is 19.3. The predicted octanol–water partition coefficient (Wildman–Crippen LogP) is 2.66. The molecule has 2 aromatic carbocycles. The van der Waals surface area contributed by atoms with E-state index >= 15 is 0 Å². The van der Waals surface area contributed by atoms with Crippen molar-refractivity contribution in [3.63, 3.8) is 0 Å². The molecule has 140 valence electrons. The first kappa shape index (κ1) is 19.9. The lowest BCUT2D eigenvalue weighted by Gasteiger charge is -2.12. The van der Waals surface area contributed by atoms with E-state index in [9.17, 15) is 17.6 Å². The van der Waals surface area contributed by atoms with Crippen LogP contribution in [0.15, 0.2) is 47.4 Å². The van der Waals surface area contributed by atoms with Crippen LogP contribution in [-0.4, -0.2) is 39.8 Å². The van der Waals surface area contributed by atoms with Gasteiger partial charge in [-0.05, 0) is 48.4 Å². The number of anilines is 1. The molecule has 2 rings (SSSR count). The number of hydrogen-bond donors (Lipinski definition) is 1. The van der Waals surface area contributed by atoms with Gasteiger partial charge in [-0.1, -0.05) is 6.07 Å². The number of carbonyl (C=O) groups is 1. The smallest absolute Gasteiger partial charge is 0.242 e. The van der Waals surface area contributed by atoms with Gasteiger partial charge in [0.2, 0.25) is 15.9 Å². The molecule has 0 aliphatic carbocycles. The van der Waals surface area contributed by atoms with Crippen LogP contribution in [0.4, 0.5) is 10.1 Å². The van der Waals surface area contributed by atoms with Crippen molar-refractivity contribution < 1.29 is 22.3 Å². The third kappa shape index (κ3) is 4.80. The Balaban J connectivity index is 1.95. The normalized spacial score (nSPS) is 11.4. The minimum absolute atomic E-state index is 0.147. The van der Waals surface area contributed by atoms with Gasteiger partial charge < -0.3 is 10.1 Å². The van der Waals surface area contributed by atoms with E-state index in [1.807, 2.05) is 0 Å². The number of hydrogen-bond acceptors (Lipinski definition) is 4. The number of halogens is 1. The molecule has 1 N–H and O–H groups in total. The summed E-state index contributed by atoms with van der Waals surface area (Å²) in [5.74, 6) is -0.557. The summed E-state index contributed by atoms with van der Waals surface area (Å²) in [5.41, 5.74) is 1.18. The van der Waals surface area contributed by atoms with Gasteiger partial charge in [0.05, 0.1) is 12.0 Å². The summed E-state index contributed by atoms with van der Waals surface area (Å²) in [6, 6.07) is 10.5. The van der Waals surface area contributed by atoms with Crippen molar-refractivity contribution >= 4 is 21.6 Å². The summed E-state index contributed by atoms with van der Waals surface area (Å²) in [4.78, 5) is 12.2. The topological polar surface area (TPSA) is 75.7 Å². The fourth-order valence-corrected chi connectivity index (χ4v) is 3.17. The fraction of sp³-hybridized carbons (Fsp3) is 0.278. The maximum Gasteiger partial charge on any atom is 0.242 e. The Morgan fingerprint density at radius 2 is 1.81 bits per heavy atom. The highest BCUT2D eigenvalue weighted by molar-refractivity contribution is 7.89. The zero-order valence-corrected chi connectivity index (χ0v) is 15.6. The van der Waals surface area contributed by atoms with Crippen molar-refractivity contribution in [3.05, 3.63) is 53.8 Å². The quantitative estimate of drug-likeness (QED) is 0.801. The van der Waals surface area contributed by atoms with Crippen LogP contribution in [0, 0.1) is 5.82 Å². The van der Waals surface area contributed by atoms with Gasteiger partial charge in [-0.3, -0.25) is 4.79 Å². The van der Waals surface area contributed by atoms with Crippen molar-refractivity contribution in [1.29, 1.82) is 0 Å². The van der Waals surface area contributed by atoms with E-state index < -0.39 is 15.8 Å². The van der Waals surface area contributed by atoms with Crippen LogP contribution >= 0.6 is 0 Å². The minimum atomic E-state index is -3.50. The molecule has 0 aliphatic heterocycles. The van der Waals surface area contributed by atoms with Crippen molar-refractivity contribution in [2.75, 3.05) is 26.5 Å². The average molecular weight is 380 g/mol. The van der Waals surface area contributed by atoms with Crippen molar-refractivity contribution in [2.24, 2.45) is 0 Å². The number of ether oxygens (including phenoxy) is 1. The van der Waals surface area contributed by atoms with Crippen LogP contribution in [-0.2, 0) is 21.2 Å². The number of amides is 1. The molecule has 8 heteroatoms. The standard InChI is InChI=1S/C18H21FN2O4S/c1-21(2)26(23,24)15-8-6-14(7-9-15)20-18(22)11-5-13-4-10-17(25-3)16(19)12-13/h4,6-10,12H,5,11H2,1-3H3,(H,20,22). The summed E-state index contributed by atoms with van der Waals surface area (Å²) in [5, 5.41) is 2.69. The Labute approximate surface area is 152 Å². The summed E-state index contributed by atoms with van der Waals surface area (Å²) >= 11 is 0. The Morgan fingerprint density at radius 1 is 1.15 bits per heavy atom. The van der Waals surface area contributed by atoms with Gasteiger partial charge in [0.1, 0.15) is 0 Å². The number of nitrogens with one attached hydrogen (secondary N) is 1. The Kier molecular flexibility index (Phi) is 6.33. The molecule has 0 bridgehead atoms. The molecule has 0 atom stereocenters. The van der Waals surface area contributed by atoms with Crippen LogP contribution in [0.2, 0.25) is 0 Å². The number of aryl methyl sites for hydroxylation is 1. The highest BCUT2D eigenvalue weighted by Crippen LogP contribution is 2.19. The fourth-order valence-electron chi connectivity index (χ4n) is 2.27. The molecule has 0 unspecified atom stereocenters. The summed E-state index contributed by atoms with van der Waals surface area (Å²) in [6.45, 7) is 0. The maximum absolute atomic E-state index is 13.6. The van der Waals surface area contributed by atoms with E-state index in [-0.39, 0.29) is 23.0 Å².